The number of benzene rings is 1. The molecule has 116 valence electrons. The fourth-order valence-electron chi connectivity index (χ4n) is 2.76. The van der Waals surface area contributed by atoms with Crippen LogP contribution in [0, 0.1) is 0 Å². The lowest BCUT2D eigenvalue weighted by Crippen LogP contribution is -2.35. The van der Waals surface area contributed by atoms with Crippen molar-refractivity contribution in [2.45, 2.75) is 36.6 Å². The molecule has 1 unspecified atom stereocenters. The predicted molar refractivity (Wildman–Crippen MR) is 79.9 cm³/mol. The van der Waals surface area contributed by atoms with Crippen LogP contribution in [0.15, 0.2) is 29.2 Å². The second-order valence-electron chi connectivity index (χ2n) is 5.46. The summed E-state index contributed by atoms with van der Waals surface area (Å²) in [5.74, 6) is -0.124. The molecule has 1 aromatic rings. The van der Waals surface area contributed by atoms with Crippen molar-refractivity contribution in [3.63, 3.8) is 0 Å². The molecule has 0 bridgehead atoms. The first-order chi connectivity index (χ1) is 9.93. The van der Waals surface area contributed by atoms with Gasteiger partial charge in [0.25, 0.3) is 5.91 Å². The predicted octanol–water partition coefficient (Wildman–Crippen LogP) is 1.47. The van der Waals surface area contributed by atoms with Crippen molar-refractivity contribution in [3.05, 3.63) is 29.8 Å². The largest absolute Gasteiger partial charge is 0.396 e. The first-order valence-electron chi connectivity index (χ1n) is 7.15. The number of hydrogen-bond donors (Lipinski definition) is 1. The molecule has 0 radical (unpaired) electrons. The Kier molecular flexibility index (Phi) is 5.00. The van der Waals surface area contributed by atoms with E-state index < -0.39 is 9.84 Å². The van der Waals surface area contributed by atoms with Gasteiger partial charge in [-0.05, 0) is 43.9 Å². The second-order valence-corrected chi connectivity index (χ2v) is 7.48. The number of sulfone groups is 1. The molecule has 1 heterocycles. The lowest BCUT2D eigenvalue weighted by atomic mass is 10.1. The van der Waals surface area contributed by atoms with Crippen LogP contribution < -0.4 is 0 Å². The molecule has 0 saturated carbocycles. The maximum atomic E-state index is 12.6. The summed E-state index contributed by atoms with van der Waals surface area (Å²) in [4.78, 5) is 14.5. The average molecular weight is 311 g/mol. The second kappa shape index (κ2) is 6.58. The van der Waals surface area contributed by atoms with Crippen molar-refractivity contribution in [1.82, 2.24) is 4.90 Å². The van der Waals surface area contributed by atoms with Gasteiger partial charge >= 0.3 is 0 Å². The highest BCUT2D eigenvalue weighted by molar-refractivity contribution is 7.90. The topological polar surface area (TPSA) is 74.7 Å². The Morgan fingerprint density at radius 3 is 2.86 bits per heavy atom. The Morgan fingerprint density at radius 1 is 1.43 bits per heavy atom. The van der Waals surface area contributed by atoms with E-state index >= 15 is 0 Å². The van der Waals surface area contributed by atoms with Crippen LogP contribution in [-0.2, 0) is 9.84 Å². The highest BCUT2D eigenvalue weighted by atomic mass is 32.2. The number of aliphatic hydroxyl groups is 1. The van der Waals surface area contributed by atoms with Crippen molar-refractivity contribution < 1.29 is 18.3 Å². The molecule has 2 rings (SSSR count). The molecule has 1 saturated heterocycles. The number of nitrogens with zero attached hydrogens (tertiary/aromatic N) is 1. The van der Waals surface area contributed by atoms with Crippen molar-refractivity contribution in [1.29, 1.82) is 0 Å². The van der Waals surface area contributed by atoms with Crippen molar-refractivity contribution >= 4 is 15.7 Å². The van der Waals surface area contributed by atoms with E-state index in [1.54, 1.807) is 17.0 Å². The number of aliphatic hydroxyl groups excluding tert-OH is 1. The van der Waals surface area contributed by atoms with Crippen LogP contribution in [0.4, 0.5) is 0 Å². The monoisotopic (exact) mass is 311 g/mol. The highest BCUT2D eigenvalue weighted by Gasteiger charge is 2.29. The molecule has 5 nitrogen and oxygen atoms in total. The molecule has 1 aromatic carbocycles. The van der Waals surface area contributed by atoms with Crippen molar-refractivity contribution in [2.24, 2.45) is 0 Å². The molecule has 1 aliphatic rings. The Labute approximate surface area is 125 Å². The van der Waals surface area contributed by atoms with Crippen LogP contribution >= 0.6 is 0 Å². The SMILES string of the molecule is CS(=O)(=O)c1cccc(C(=O)N2CCCC2CCCO)c1. The van der Waals surface area contributed by atoms with E-state index in [4.69, 9.17) is 5.11 Å². The van der Waals surface area contributed by atoms with Gasteiger partial charge in [0.05, 0.1) is 4.90 Å². The third-order valence-electron chi connectivity index (χ3n) is 3.84. The average Bonchev–Trinajstić information content (AvgIpc) is 2.92. The fourth-order valence-corrected chi connectivity index (χ4v) is 3.42. The molecular formula is C15H21NO4S. The smallest absolute Gasteiger partial charge is 0.254 e. The van der Waals surface area contributed by atoms with Gasteiger partial charge in [0, 0.05) is 31.0 Å². The number of rotatable bonds is 5. The minimum Gasteiger partial charge on any atom is -0.396 e. The molecule has 0 aliphatic carbocycles. The summed E-state index contributed by atoms with van der Waals surface area (Å²) in [5.41, 5.74) is 0.411. The van der Waals surface area contributed by atoms with Gasteiger partial charge in [0.15, 0.2) is 9.84 Å². The quantitative estimate of drug-likeness (QED) is 0.893. The van der Waals surface area contributed by atoms with Crippen LogP contribution in [0.5, 0.6) is 0 Å². The molecule has 1 amide bonds. The van der Waals surface area contributed by atoms with E-state index in [-0.39, 0.29) is 23.5 Å². The lowest BCUT2D eigenvalue weighted by molar-refractivity contribution is 0.0724. The summed E-state index contributed by atoms with van der Waals surface area (Å²) in [5, 5.41) is 8.92. The number of carbonyl (C=O) groups excluding carboxylic acids is 1. The van der Waals surface area contributed by atoms with E-state index in [2.05, 4.69) is 0 Å². The minimum absolute atomic E-state index is 0.124. The zero-order chi connectivity index (χ0) is 15.5. The van der Waals surface area contributed by atoms with Gasteiger partial charge in [0.2, 0.25) is 0 Å². The third kappa shape index (κ3) is 3.83. The van der Waals surface area contributed by atoms with Crippen molar-refractivity contribution in [3.8, 4) is 0 Å². The van der Waals surface area contributed by atoms with Crippen LogP contribution in [0.2, 0.25) is 0 Å². The number of hydrogen-bond acceptors (Lipinski definition) is 4. The Bertz CT molecular complexity index is 612. The number of likely N-dealkylation sites (tertiary alicyclic amines) is 1. The highest BCUT2D eigenvalue weighted by Crippen LogP contribution is 2.24. The Balaban J connectivity index is 2.19. The number of carbonyl (C=O) groups is 1. The molecule has 0 aromatic heterocycles. The fraction of sp³-hybridized carbons (Fsp3) is 0.533. The molecule has 21 heavy (non-hydrogen) atoms. The lowest BCUT2D eigenvalue weighted by Gasteiger charge is -2.24. The molecule has 1 N–H and O–H groups in total. The van der Waals surface area contributed by atoms with Gasteiger partial charge in [0.1, 0.15) is 0 Å². The Hall–Kier alpha value is -1.40. The molecule has 6 heteroatoms. The molecule has 1 aliphatic heterocycles. The number of amides is 1. The van der Waals surface area contributed by atoms with Crippen molar-refractivity contribution in [2.75, 3.05) is 19.4 Å². The summed E-state index contributed by atoms with van der Waals surface area (Å²) in [6.45, 7) is 0.820. The summed E-state index contributed by atoms with van der Waals surface area (Å²) in [6.07, 6.45) is 4.49. The van der Waals surface area contributed by atoms with E-state index in [1.807, 2.05) is 0 Å². The first kappa shape index (κ1) is 16.0. The summed E-state index contributed by atoms with van der Waals surface area (Å²) >= 11 is 0. The van der Waals surface area contributed by atoms with Crippen LogP contribution in [0.25, 0.3) is 0 Å². The first-order valence-corrected chi connectivity index (χ1v) is 9.04. The van der Waals surface area contributed by atoms with Gasteiger partial charge in [-0.2, -0.15) is 0 Å². The molecule has 1 atom stereocenters. The zero-order valence-corrected chi connectivity index (χ0v) is 13.0. The molecular weight excluding hydrogens is 290 g/mol. The molecule has 1 fully saturated rings. The summed E-state index contributed by atoms with van der Waals surface area (Å²) in [7, 11) is -3.31. The van der Waals surface area contributed by atoms with Gasteiger partial charge < -0.3 is 10.0 Å². The van der Waals surface area contributed by atoms with Gasteiger partial charge in [-0.1, -0.05) is 6.07 Å². The zero-order valence-electron chi connectivity index (χ0n) is 12.2. The molecule has 0 spiro atoms. The van der Waals surface area contributed by atoms with Gasteiger partial charge in [-0.25, -0.2) is 8.42 Å². The van der Waals surface area contributed by atoms with E-state index in [9.17, 15) is 13.2 Å². The van der Waals surface area contributed by atoms with Gasteiger partial charge in [-0.3, -0.25) is 4.79 Å². The van der Waals surface area contributed by atoms with E-state index in [1.165, 1.54) is 12.1 Å². The maximum absolute atomic E-state index is 12.6. The van der Waals surface area contributed by atoms with E-state index in [0.717, 1.165) is 25.5 Å². The summed E-state index contributed by atoms with van der Waals surface area (Å²) in [6, 6.07) is 6.34. The third-order valence-corrected chi connectivity index (χ3v) is 4.95. The van der Waals surface area contributed by atoms with Crippen LogP contribution in [0.3, 0.4) is 0 Å². The maximum Gasteiger partial charge on any atom is 0.254 e. The normalized spacial score (nSPS) is 19.0. The minimum atomic E-state index is -3.31. The van der Waals surface area contributed by atoms with Crippen LogP contribution in [0.1, 0.15) is 36.0 Å². The Morgan fingerprint density at radius 2 is 2.19 bits per heavy atom. The van der Waals surface area contributed by atoms with Crippen LogP contribution in [-0.4, -0.2) is 49.8 Å². The standard InChI is InChI=1S/C15H21NO4S/c1-21(19,20)14-8-2-5-12(11-14)15(18)16-9-3-6-13(16)7-4-10-17/h2,5,8,11,13,17H,3-4,6-7,9-10H2,1H3. The summed E-state index contributed by atoms with van der Waals surface area (Å²) < 4.78 is 23.2. The van der Waals surface area contributed by atoms with E-state index in [0.29, 0.717) is 18.5 Å². The van der Waals surface area contributed by atoms with Gasteiger partial charge in [-0.15, -0.1) is 0 Å².